The van der Waals surface area contributed by atoms with Gasteiger partial charge in [0.15, 0.2) is 0 Å². The summed E-state index contributed by atoms with van der Waals surface area (Å²) in [7, 11) is 0. The van der Waals surface area contributed by atoms with Gasteiger partial charge in [-0.2, -0.15) is 0 Å². The van der Waals surface area contributed by atoms with E-state index in [1.165, 1.54) is 12.1 Å². The van der Waals surface area contributed by atoms with Crippen LogP contribution in [0.4, 0.5) is 10.1 Å². The third-order valence-electron chi connectivity index (χ3n) is 1.31. The van der Waals surface area contributed by atoms with Crippen molar-refractivity contribution >= 4 is 22.9 Å². The van der Waals surface area contributed by atoms with Gasteiger partial charge in [-0.15, -0.1) is 0 Å². The van der Waals surface area contributed by atoms with Crippen molar-refractivity contribution in [3.05, 3.63) is 30.1 Å². The molecule has 0 aliphatic rings. The minimum atomic E-state index is -0.254. The summed E-state index contributed by atoms with van der Waals surface area (Å²) in [6.45, 7) is 0.432. The molecule has 0 aliphatic carbocycles. The highest BCUT2D eigenvalue weighted by molar-refractivity contribution is 7.80. The molecule has 1 aromatic carbocycles. The van der Waals surface area contributed by atoms with Crippen LogP contribution in [0.25, 0.3) is 0 Å². The number of rotatable bonds is 3. The van der Waals surface area contributed by atoms with E-state index in [1.54, 1.807) is 12.1 Å². The van der Waals surface area contributed by atoms with Crippen LogP contribution >= 0.6 is 12.2 Å². The van der Waals surface area contributed by atoms with Crippen LogP contribution in [0, 0.1) is 5.82 Å². The SMILES string of the molecule is NC(=S)CNc1ccc(F)cc1. The van der Waals surface area contributed by atoms with E-state index in [-0.39, 0.29) is 5.82 Å². The van der Waals surface area contributed by atoms with Crippen LogP contribution in [0.5, 0.6) is 0 Å². The molecule has 12 heavy (non-hydrogen) atoms. The van der Waals surface area contributed by atoms with E-state index in [0.29, 0.717) is 11.5 Å². The molecule has 0 heterocycles. The summed E-state index contributed by atoms with van der Waals surface area (Å²) in [5.41, 5.74) is 6.07. The van der Waals surface area contributed by atoms with Crippen LogP contribution in [-0.2, 0) is 0 Å². The third kappa shape index (κ3) is 2.84. The van der Waals surface area contributed by atoms with Gasteiger partial charge in [-0.25, -0.2) is 4.39 Å². The molecule has 1 aromatic rings. The molecule has 1 rings (SSSR count). The lowest BCUT2D eigenvalue weighted by Crippen LogP contribution is -2.19. The molecule has 3 N–H and O–H groups in total. The molecule has 0 unspecified atom stereocenters. The molecule has 0 saturated heterocycles. The minimum Gasteiger partial charge on any atom is -0.392 e. The molecule has 0 atom stereocenters. The van der Waals surface area contributed by atoms with Crippen molar-refractivity contribution in [3.63, 3.8) is 0 Å². The lowest BCUT2D eigenvalue weighted by Gasteiger charge is -2.03. The first-order chi connectivity index (χ1) is 5.68. The summed E-state index contributed by atoms with van der Waals surface area (Å²) >= 11 is 4.66. The molecule has 0 amide bonds. The summed E-state index contributed by atoms with van der Waals surface area (Å²) < 4.78 is 12.4. The van der Waals surface area contributed by atoms with Gasteiger partial charge in [-0.1, -0.05) is 12.2 Å². The molecule has 0 saturated carbocycles. The van der Waals surface area contributed by atoms with Crippen LogP contribution in [0.1, 0.15) is 0 Å². The van der Waals surface area contributed by atoms with Gasteiger partial charge >= 0.3 is 0 Å². The Morgan fingerprint density at radius 3 is 2.50 bits per heavy atom. The van der Waals surface area contributed by atoms with E-state index in [4.69, 9.17) is 5.73 Å². The molecule has 4 heteroatoms. The Morgan fingerprint density at radius 2 is 2.00 bits per heavy atom. The molecule has 0 fully saturated rings. The Kier molecular flexibility index (Phi) is 2.99. The fourth-order valence-electron chi connectivity index (χ4n) is 0.757. The summed E-state index contributed by atoms with van der Waals surface area (Å²) in [5, 5.41) is 2.94. The van der Waals surface area contributed by atoms with Gasteiger partial charge in [0.05, 0.1) is 11.5 Å². The molecule has 2 nitrogen and oxygen atoms in total. The lowest BCUT2D eigenvalue weighted by molar-refractivity contribution is 0.628. The number of benzene rings is 1. The molecule has 0 bridgehead atoms. The number of halogens is 1. The van der Waals surface area contributed by atoms with Crippen LogP contribution in [0.15, 0.2) is 24.3 Å². The Morgan fingerprint density at radius 1 is 1.42 bits per heavy atom. The number of nitrogens with one attached hydrogen (secondary N) is 1. The normalized spacial score (nSPS) is 9.42. The van der Waals surface area contributed by atoms with E-state index in [1.807, 2.05) is 0 Å². The molecule has 0 spiro atoms. The highest BCUT2D eigenvalue weighted by Gasteiger charge is 1.92. The highest BCUT2D eigenvalue weighted by Crippen LogP contribution is 2.07. The molecule has 64 valence electrons. The molecular weight excluding hydrogens is 175 g/mol. The zero-order chi connectivity index (χ0) is 8.97. The first-order valence-electron chi connectivity index (χ1n) is 3.46. The number of anilines is 1. The second kappa shape index (κ2) is 4.01. The first-order valence-corrected chi connectivity index (χ1v) is 3.87. The van der Waals surface area contributed by atoms with Crippen molar-refractivity contribution in [1.82, 2.24) is 0 Å². The molecule has 0 aliphatic heterocycles. The van der Waals surface area contributed by atoms with E-state index < -0.39 is 0 Å². The topological polar surface area (TPSA) is 38.0 Å². The molecule has 0 aromatic heterocycles. The Bertz CT molecular complexity index is 271. The zero-order valence-electron chi connectivity index (χ0n) is 6.38. The zero-order valence-corrected chi connectivity index (χ0v) is 7.20. The van der Waals surface area contributed by atoms with Gasteiger partial charge < -0.3 is 11.1 Å². The van der Waals surface area contributed by atoms with Gasteiger partial charge in [0.2, 0.25) is 0 Å². The fraction of sp³-hybridized carbons (Fsp3) is 0.125. The minimum absolute atomic E-state index is 0.254. The summed E-state index contributed by atoms with van der Waals surface area (Å²) in [6.07, 6.45) is 0. The first kappa shape index (κ1) is 8.93. The third-order valence-corrected chi connectivity index (χ3v) is 1.46. The Balaban J connectivity index is 2.53. The van der Waals surface area contributed by atoms with Crippen LogP contribution < -0.4 is 11.1 Å². The number of hydrogen-bond donors (Lipinski definition) is 2. The van der Waals surface area contributed by atoms with Crippen molar-refractivity contribution in [2.45, 2.75) is 0 Å². The molecular formula is C8H9FN2S. The summed E-state index contributed by atoms with van der Waals surface area (Å²) in [6, 6.07) is 6.02. The number of thiocarbonyl (C=S) groups is 1. The summed E-state index contributed by atoms with van der Waals surface area (Å²) in [4.78, 5) is 0.388. The lowest BCUT2D eigenvalue weighted by atomic mass is 10.3. The fourth-order valence-corrected chi connectivity index (χ4v) is 0.829. The van der Waals surface area contributed by atoms with Gasteiger partial charge in [0.1, 0.15) is 5.82 Å². The van der Waals surface area contributed by atoms with Gasteiger partial charge in [0.25, 0.3) is 0 Å². The van der Waals surface area contributed by atoms with Crippen molar-refractivity contribution in [2.75, 3.05) is 11.9 Å². The van der Waals surface area contributed by atoms with Gasteiger partial charge in [-0.3, -0.25) is 0 Å². The predicted molar refractivity (Wildman–Crippen MR) is 51.7 cm³/mol. The van der Waals surface area contributed by atoms with Crippen molar-refractivity contribution in [3.8, 4) is 0 Å². The summed E-state index contributed by atoms with van der Waals surface area (Å²) in [5.74, 6) is -0.254. The highest BCUT2D eigenvalue weighted by atomic mass is 32.1. The molecule has 0 radical (unpaired) electrons. The maximum Gasteiger partial charge on any atom is 0.123 e. The predicted octanol–water partition coefficient (Wildman–Crippen LogP) is 1.52. The Labute approximate surface area is 75.6 Å². The van der Waals surface area contributed by atoms with Crippen molar-refractivity contribution in [1.29, 1.82) is 0 Å². The second-order valence-corrected chi connectivity index (χ2v) is 2.85. The second-order valence-electron chi connectivity index (χ2n) is 2.33. The van der Waals surface area contributed by atoms with Crippen LogP contribution in [0.2, 0.25) is 0 Å². The smallest absolute Gasteiger partial charge is 0.123 e. The average Bonchev–Trinajstić information content (AvgIpc) is 2.03. The monoisotopic (exact) mass is 184 g/mol. The van der Waals surface area contributed by atoms with E-state index in [9.17, 15) is 4.39 Å². The van der Waals surface area contributed by atoms with E-state index in [2.05, 4.69) is 17.5 Å². The standard InChI is InChI=1S/C8H9FN2S/c9-6-1-3-7(4-2-6)11-5-8(10)12/h1-4,11H,5H2,(H2,10,12). The van der Waals surface area contributed by atoms with E-state index in [0.717, 1.165) is 5.69 Å². The maximum absolute atomic E-state index is 12.4. The van der Waals surface area contributed by atoms with E-state index >= 15 is 0 Å². The van der Waals surface area contributed by atoms with Crippen molar-refractivity contribution in [2.24, 2.45) is 5.73 Å². The van der Waals surface area contributed by atoms with Crippen LogP contribution in [-0.4, -0.2) is 11.5 Å². The van der Waals surface area contributed by atoms with Gasteiger partial charge in [0, 0.05) is 5.69 Å². The maximum atomic E-state index is 12.4. The number of nitrogens with two attached hydrogens (primary N) is 1. The largest absolute Gasteiger partial charge is 0.392 e. The van der Waals surface area contributed by atoms with Gasteiger partial charge in [-0.05, 0) is 24.3 Å². The quantitative estimate of drug-likeness (QED) is 0.699. The Hall–Kier alpha value is -1.16. The van der Waals surface area contributed by atoms with Crippen molar-refractivity contribution < 1.29 is 4.39 Å². The average molecular weight is 184 g/mol. The number of hydrogen-bond acceptors (Lipinski definition) is 2. The van der Waals surface area contributed by atoms with Crippen LogP contribution in [0.3, 0.4) is 0 Å².